The fourth-order valence-corrected chi connectivity index (χ4v) is 0.488. The zero-order valence-electron chi connectivity index (χ0n) is 10.0. The van der Waals surface area contributed by atoms with E-state index in [9.17, 15) is 19.5 Å². The van der Waals surface area contributed by atoms with E-state index < -0.39 is 24.4 Å². The Bertz CT molecular complexity index is 230. The Morgan fingerprint density at radius 1 is 1.31 bits per heavy atom. The normalized spacial score (nSPS) is 10.6. The Hall–Kier alpha value is -0.430. The van der Waals surface area contributed by atoms with Crippen molar-refractivity contribution >= 4 is 17.7 Å². The third-order valence-corrected chi connectivity index (χ3v) is 1.40. The van der Waals surface area contributed by atoms with E-state index in [2.05, 4.69) is 0 Å². The SMILES string of the molecule is CC(=O)CC(=O)[O-].CC(C)C(N)C(=O)O.[Na+]. The van der Waals surface area contributed by atoms with Gasteiger partial charge in [-0.2, -0.15) is 0 Å². The van der Waals surface area contributed by atoms with Crippen molar-refractivity contribution in [1.29, 1.82) is 0 Å². The molecule has 0 aromatic heterocycles. The van der Waals surface area contributed by atoms with Crippen LogP contribution in [-0.4, -0.2) is 28.9 Å². The molecule has 0 amide bonds. The van der Waals surface area contributed by atoms with Crippen LogP contribution in [0.1, 0.15) is 27.2 Å². The molecule has 0 aliphatic carbocycles. The zero-order chi connectivity index (χ0) is 12.6. The van der Waals surface area contributed by atoms with Gasteiger partial charge in [0.05, 0.1) is 0 Å². The Morgan fingerprint density at radius 3 is 1.69 bits per heavy atom. The summed E-state index contributed by atoms with van der Waals surface area (Å²) in [4.78, 5) is 29.3. The first-order valence-corrected chi connectivity index (χ1v) is 4.36. The number of hydrogen-bond acceptors (Lipinski definition) is 5. The molecule has 0 saturated heterocycles. The van der Waals surface area contributed by atoms with Gasteiger partial charge in [0.15, 0.2) is 0 Å². The van der Waals surface area contributed by atoms with E-state index in [0.29, 0.717) is 0 Å². The van der Waals surface area contributed by atoms with Crippen molar-refractivity contribution in [2.24, 2.45) is 11.7 Å². The summed E-state index contributed by atoms with van der Waals surface area (Å²) in [7, 11) is 0. The first-order chi connectivity index (χ1) is 6.68. The number of Topliss-reactive ketones (excluding diaryl/α,β-unsaturated/α-hetero) is 1. The molecule has 0 aromatic rings. The number of aliphatic carboxylic acids is 2. The Kier molecular flexibility index (Phi) is 14.5. The van der Waals surface area contributed by atoms with Crippen LogP contribution in [0.4, 0.5) is 0 Å². The van der Waals surface area contributed by atoms with Crippen LogP contribution < -0.4 is 40.4 Å². The van der Waals surface area contributed by atoms with Crippen molar-refractivity contribution in [3.63, 3.8) is 0 Å². The topological polar surface area (TPSA) is 121 Å². The minimum absolute atomic E-state index is 0. The van der Waals surface area contributed by atoms with E-state index in [-0.39, 0.29) is 41.3 Å². The molecule has 3 N–H and O–H groups in total. The summed E-state index contributed by atoms with van der Waals surface area (Å²) in [6, 6.07) is -0.713. The number of carboxylic acids is 2. The van der Waals surface area contributed by atoms with Crippen LogP contribution in [0.2, 0.25) is 0 Å². The molecule has 0 aromatic carbocycles. The molecular weight excluding hydrogens is 225 g/mol. The summed E-state index contributed by atoms with van der Waals surface area (Å²) in [6.07, 6.45) is -0.472. The molecule has 0 heterocycles. The summed E-state index contributed by atoms with van der Waals surface area (Å²) in [5.41, 5.74) is 5.16. The van der Waals surface area contributed by atoms with E-state index >= 15 is 0 Å². The van der Waals surface area contributed by atoms with Crippen LogP contribution in [0.3, 0.4) is 0 Å². The Labute approximate surface area is 116 Å². The average molecular weight is 241 g/mol. The van der Waals surface area contributed by atoms with Crippen LogP contribution in [0.15, 0.2) is 0 Å². The minimum Gasteiger partial charge on any atom is -0.550 e. The number of hydrogen-bond donors (Lipinski definition) is 2. The molecular formula is C9H16NNaO5. The summed E-state index contributed by atoms with van der Waals surface area (Å²) in [5.74, 6) is -2.60. The summed E-state index contributed by atoms with van der Waals surface area (Å²) in [6.45, 7) is 4.76. The van der Waals surface area contributed by atoms with Gasteiger partial charge in [-0.05, 0) is 12.8 Å². The molecule has 88 valence electrons. The minimum atomic E-state index is -1.31. The van der Waals surface area contributed by atoms with Crippen molar-refractivity contribution in [2.45, 2.75) is 33.2 Å². The summed E-state index contributed by atoms with van der Waals surface area (Å²) >= 11 is 0. The van der Waals surface area contributed by atoms with Gasteiger partial charge in [0.1, 0.15) is 11.8 Å². The molecule has 0 aliphatic rings. The van der Waals surface area contributed by atoms with Gasteiger partial charge in [0, 0.05) is 12.4 Å². The van der Waals surface area contributed by atoms with Gasteiger partial charge < -0.3 is 20.7 Å². The molecule has 16 heavy (non-hydrogen) atoms. The maximum atomic E-state index is 10.0. The summed E-state index contributed by atoms with van der Waals surface area (Å²) < 4.78 is 0. The largest absolute Gasteiger partial charge is 1.00 e. The van der Waals surface area contributed by atoms with Gasteiger partial charge in [0.25, 0.3) is 0 Å². The van der Waals surface area contributed by atoms with E-state index in [4.69, 9.17) is 10.8 Å². The van der Waals surface area contributed by atoms with Crippen molar-refractivity contribution in [3.05, 3.63) is 0 Å². The van der Waals surface area contributed by atoms with Gasteiger partial charge >= 0.3 is 35.5 Å². The van der Waals surface area contributed by atoms with E-state index in [1.165, 1.54) is 6.92 Å². The van der Waals surface area contributed by atoms with Gasteiger partial charge in [-0.25, -0.2) is 0 Å². The third-order valence-electron chi connectivity index (χ3n) is 1.40. The monoisotopic (exact) mass is 241 g/mol. The van der Waals surface area contributed by atoms with Crippen LogP contribution >= 0.6 is 0 Å². The molecule has 0 bridgehead atoms. The smallest absolute Gasteiger partial charge is 0.550 e. The number of carbonyl (C=O) groups excluding carboxylic acids is 2. The van der Waals surface area contributed by atoms with Gasteiger partial charge in [-0.3, -0.25) is 9.59 Å². The van der Waals surface area contributed by atoms with E-state index in [0.717, 1.165) is 0 Å². The third kappa shape index (κ3) is 16.0. The Balaban J connectivity index is -0.000000200. The van der Waals surface area contributed by atoms with E-state index in [1.807, 2.05) is 0 Å². The predicted molar refractivity (Wildman–Crippen MR) is 50.8 cm³/mol. The number of rotatable bonds is 4. The van der Waals surface area contributed by atoms with E-state index in [1.54, 1.807) is 13.8 Å². The van der Waals surface area contributed by atoms with Crippen LogP contribution in [-0.2, 0) is 14.4 Å². The quantitative estimate of drug-likeness (QED) is 0.380. The van der Waals surface area contributed by atoms with Crippen molar-refractivity contribution in [1.82, 2.24) is 0 Å². The molecule has 0 aliphatic heterocycles. The molecule has 0 saturated carbocycles. The van der Waals surface area contributed by atoms with Crippen molar-refractivity contribution < 1.29 is 54.2 Å². The molecule has 1 atom stereocenters. The molecule has 0 rings (SSSR count). The molecule has 0 fully saturated rings. The van der Waals surface area contributed by atoms with Crippen LogP contribution in [0.5, 0.6) is 0 Å². The second-order valence-electron chi connectivity index (χ2n) is 3.36. The molecule has 0 radical (unpaired) electrons. The maximum absolute atomic E-state index is 10.0. The van der Waals surface area contributed by atoms with Crippen LogP contribution in [0.25, 0.3) is 0 Å². The average Bonchev–Trinajstić information content (AvgIpc) is 2.00. The fraction of sp³-hybridized carbons (Fsp3) is 0.667. The van der Waals surface area contributed by atoms with Crippen molar-refractivity contribution in [3.8, 4) is 0 Å². The number of nitrogens with two attached hydrogens (primary N) is 1. The van der Waals surface area contributed by atoms with Gasteiger partial charge in [0.2, 0.25) is 0 Å². The number of carbonyl (C=O) groups is 3. The zero-order valence-corrected chi connectivity index (χ0v) is 12.0. The van der Waals surface area contributed by atoms with Crippen LogP contribution in [0, 0.1) is 5.92 Å². The second-order valence-corrected chi connectivity index (χ2v) is 3.36. The first-order valence-electron chi connectivity index (χ1n) is 4.36. The fourth-order valence-electron chi connectivity index (χ4n) is 0.488. The standard InChI is InChI=1S/C5H11NO2.C4H6O3.Na/c1-3(2)4(6)5(7)8;1-3(5)2-4(6)7;/h3-4H,6H2,1-2H3,(H,7,8);2H2,1H3,(H,6,7);/q;;+1/p-1. The molecule has 1 unspecified atom stereocenters. The second kappa shape index (κ2) is 11.1. The predicted octanol–water partition coefficient (Wildman–Crippen LogP) is -4.23. The molecule has 6 nitrogen and oxygen atoms in total. The maximum Gasteiger partial charge on any atom is 1.00 e. The molecule has 0 spiro atoms. The van der Waals surface area contributed by atoms with Gasteiger partial charge in [-0.1, -0.05) is 13.8 Å². The Morgan fingerprint density at radius 2 is 1.69 bits per heavy atom. The molecule has 7 heteroatoms. The van der Waals surface area contributed by atoms with Crippen molar-refractivity contribution in [2.75, 3.05) is 0 Å². The number of ketones is 1. The van der Waals surface area contributed by atoms with Gasteiger partial charge in [-0.15, -0.1) is 0 Å². The first kappa shape index (κ1) is 20.9. The summed E-state index contributed by atoms with van der Waals surface area (Å²) in [5, 5.41) is 17.7. The number of carboxylic acid groups (broad SMARTS) is 2.